The Morgan fingerprint density at radius 3 is 2.48 bits per heavy atom. The van der Waals surface area contributed by atoms with Crippen LogP contribution in [-0.4, -0.2) is 10.2 Å². The molecule has 6 heteroatoms. The third-order valence-electron chi connectivity index (χ3n) is 3.28. The Bertz CT molecular complexity index is 789. The summed E-state index contributed by atoms with van der Waals surface area (Å²) < 4.78 is 6.21. The van der Waals surface area contributed by atoms with E-state index in [1.165, 1.54) is 16.7 Å². The molecule has 23 heavy (non-hydrogen) atoms. The highest BCUT2D eigenvalue weighted by atomic mass is 35.5. The highest BCUT2D eigenvalue weighted by Crippen LogP contribution is 2.34. The summed E-state index contributed by atoms with van der Waals surface area (Å²) in [6.45, 7) is 4.08. The molecule has 3 rings (SSSR count). The van der Waals surface area contributed by atoms with Gasteiger partial charge in [0.1, 0.15) is 12.4 Å². The van der Waals surface area contributed by atoms with Gasteiger partial charge in [-0.05, 0) is 30.3 Å². The van der Waals surface area contributed by atoms with Gasteiger partial charge in [0, 0.05) is 10.6 Å². The number of anilines is 1. The standard InChI is InChI=1S/C17H12ClNO2S2/c1-11-16(20)19(17(22)23-11)13-6-8-14(9-7-13)21-10-12-4-2-3-5-15(12)18/h2-9H,1,10H2. The molecule has 0 spiro atoms. The van der Waals surface area contributed by atoms with Gasteiger partial charge in [-0.1, -0.05) is 60.4 Å². The van der Waals surface area contributed by atoms with E-state index >= 15 is 0 Å². The predicted molar refractivity (Wildman–Crippen MR) is 99.0 cm³/mol. The summed E-state index contributed by atoms with van der Waals surface area (Å²) in [5, 5.41) is 0.674. The fraction of sp³-hybridized carbons (Fsp3) is 0.0588. The van der Waals surface area contributed by atoms with E-state index in [0.29, 0.717) is 32.3 Å². The van der Waals surface area contributed by atoms with Gasteiger partial charge in [-0.15, -0.1) is 0 Å². The van der Waals surface area contributed by atoms with E-state index in [4.69, 9.17) is 28.6 Å². The maximum Gasteiger partial charge on any atom is 0.270 e. The normalized spacial score (nSPS) is 14.5. The predicted octanol–water partition coefficient (Wildman–Crippen LogP) is 4.80. The second-order valence-electron chi connectivity index (χ2n) is 4.81. The lowest BCUT2D eigenvalue weighted by Crippen LogP contribution is -2.27. The first-order chi connectivity index (χ1) is 11.1. The van der Waals surface area contributed by atoms with Crippen LogP contribution in [0.3, 0.4) is 0 Å². The average molecular weight is 362 g/mol. The molecule has 1 aliphatic rings. The summed E-state index contributed by atoms with van der Waals surface area (Å²) in [4.78, 5) is 13.9. The van der Waals surface area contributed by atoms with Crippen molar-refractivity contribution < 1.29 is 9.53 Å². The molecule has 1 amide bonds. The molecule has 0 atom stereocenters. The lowest BCUT2D eigenvalue weighted by Gasteiger charge is -2.15. The molecule has 0 aromatic heterocycles. The van der Waals surface area contributed by atoms with E-state index in [0.717, 1.165) is 5.56 Å². The number of rotatable bonds is 4. The summed E-state index contributed by atoms with van der Waals surface area (Å²) in [7, 11) is 0. The number of thioether (sulfide) groups is 1. The van der Waals surface area contributed by atoms with Crippen LogP contribution >= 0.6 is 35.6 Å². The number of carbonyl (C=O) groups excluding carboxylic acids is 1. The number of ether oxygens (including phenoxy) is 1. The van der Waals surface area contributed by atoms with E-state index in [1.807, 2.05) is 24.3 Å². The Morgan fingerprint density at radius 2 is 1.87 bits per heavy atom. The van der Waals surface area contributed by atoms with Crippen molar-refractivity contribution in [1.29, 1.82) is 0 Å². The molecule has 116 valence electrons. The van der Waals surface area contributed by atoms with Crippen LogP contribution in [-0.2, 0) is 11.4 Å². The number of carbonyl (C=O) groups is 1. The Kier molecular flexibility index (Phi) is 4.71. The molecule has 0 unspecified atom stereocenters. The van der Waals surface area contributed by atoms with Crippen LogP contribution in [0.4, 0.5) is 5.69 Å². The number of thiocarbonyl (C=S) groups is 1. The minimum absolute atomic E-state index is 0.176. The molecule has 2 aromatic carbocycles. The number of halogens is 1. The van der Waals surface area contributed by atoms with Crippen LogP contribution in [0.15, 0.2) is 60.0 Å². The van der Waals surface area contributed by atoms with Crippen LogP contribution < -0.4 is 9.64 Å². The van der Waals surface area contributed by atoms with Gasteiger partial charge in [0.25, 0.3) is 5.91 Å². The first kappa shape index (κ1) is 16.1. The van der Waals surface area contributed by atoms with Crippen molar-refractivity contribution in [1.82, 2.24) is 0 Å². The van der Waals surface area contributed by atoms with Gasteiger partial charge in [0.15, 0.2) is 4.32 Å². The van der Waals surface area contributed by atoms with Gasteiger partial charge in [-0.3, -0.25) is 9.69 Å². The molecular formula is C17H12ClNO2S2. The number of benzene rings is 2. The molecule has 0 bridgehead atoms. The maximum atomic E-state index is 12.0. The molecule has 0 N–H and O–H groups in total. The van der Waals surface area contributed by atoms with Gasteiger partial charge in [0.05, 0.1) is 10.6 Å². The molecule has 1 heterocycles. The van der Waals surface area contributed by atoms with E-state index in [-0.39, 0.29) is 5.91 Å². The van der Waals surface area contributed by atoms with Crippen LogP contribution in [0, 0.1) is 0 Å². The minimum Gasteiger partial charge on any atom is -0.489 e. The van der Waals surface area contributed by atoms with E-state index < -0.39 is 0 Å². The van der Waals surface area contributed by atoms with Crippen molar-refractivity contribution in [2.45, 2.75) is 6.61 Å². The smallest absolute Gasteiger partial charge is 0.270 e. The molecule has 2 aromatic rings. The summed E-state index contributed by atoms with van der Waals surface area (Å²) in [6.07, 6.45) is 0. The zero-order valence-electron chi connectivity index (χ0n) is 12.0. The monoisotopic (exact) mass is 361 g/mol. The van der Waals surface area contributed by atoms with Gasteiger partial charge in [-0.2, -0.15) is 0 Å². The van der Waals surface area contributed by atoms with Crippen LogP contribution in [0.1, 0.15) is 5.56 Å². The number of hydrogen-bond acceptors (Lipinski definition) is 4. The molecule has 1 saturated heterocycles. The van der Waals surface area contributed by atoms with Gasteiger partial charge in [0.2, 0.25) is 0 Å². The van der Waals surface area contributed by atoms with Crippen LogP contribution in [0.5, 0.6) is 5.75 Å². The maximum absolute atomic E-state index is 12.0. The van der Waals surface area contributed by atoms with Crippen molar-refractivity contribution in [2.75, 3.05) is 4.90 Å². The number of nitrogens with zero attached hydrogens (tertiary/aromatic N) is 1. The van der Waals surface area contributed by atoms with Crippen LogP contribution in [0.2, 0.25) is 5.02 Å². The Hall–Kier alpha value is -1.82. The van der Waals surface area contributed by atoms with Crippen molar-refractivity contribution >= 4 is 51.5 Å². The van der Waals surface area contributed by atoms with Crippen molar-refractivity contribution in [3.63, 3.8) is 0 Å². The lowest BCUT2D eigenvalue weighted by molar-refractivity contribution is -0.113. The first-order valence-corrected chi connectivity index (χ1v) is 8.38. The zero-order valence-corrected chi connectivity index (χ0v) is 14.4. The van der Waals surface area contributed by atoms with E-state index in [9.17, 15) is 4.79 Å². The lowest BCUT2D eigenvalue weighted by atomic mass is 10.2. The highest BCUT2D eigenvalue weighted by Gasteiger charge is 2.31. The van der Waals surface area contributed by atoms with Crippen molar-refractivity contribution in [2.24, 2.45) is 0 Å². The van der Waals surface area contributed by atoms with Gasteiger partial charge < -0.3 is 4.74 Å². The highest BCUT2D eigenvalue weighted by molar-refractivity contribution is 8.27. The van der Waals surface area contributed by atoms with Crippen molar-refractivity contribution in [3.05, 3.63) is 70.6 Å². The molecule has 1 fully saturated rings. The number of amides is 1. The van der Waals surface area contributed by atoms with Crippen LogP contribution in [0.25, 0.3) is 0 Å². The molecule has 1 aliphatic heterocycles. The Balaban J connectivity index is 1.70. The zero-order chi connectivity index (χ0) is 16.4. The molecule has 3 nitrogen and oxygen atoms in total. The molecule has 0 saturated carbocycles. The molecule has 0 aliphatic carbocycles. The number of hydrogen-bond donors (Lipinski definition) is 0. The molecule has 0 radical (unpaired) electrons. The Morgan fingerprint density at radius 1 is 1.17 bits per heavy atom. The summed E-state index contributed by atoms with van der Waals surface area (Å²) in [5.74, 6) is 0.516. The van der Waals surface area contributed by atoms with E-state index in [1.54, 1.807) is 24.3 Å². The second-order valence-corrected chi connectivity index (χ2v) is 6.94. The fourth-order valence-corrected chi connectivity index (χ4v) is 3.44. The largest absolute Gasteiger partial charge is 0.489 e. The first-order valence-electron chi connectivity index (χ1n) is 6.77. The second kappa shape index (κ2) is 6.74. The summed E-state index contributed by atoms with van der Waals surface area (Å²) in [5.41, 5.74) is 1.62. The minimum atomic E-state index is -0.176. The third kappa shape index (κ3) is 3.42. The molecular weight excluding hydrogens is 350 g/mol. The SMILES string of the molecule is C=C1SC(=S)N(c2ccc(OCc3ccccc3Cl)cc2)C1=O. The van der Waals surface area contributed by atoms with Crippen molar-refractivity contribution in [3.8, 4) is 5.75 Å². The fourth-order valence-electron chi connectivity index (χ4n) is 2.09. The topological polar surface area (TPSA) is 29.5 Å². The quantitative estimate of drug-likeness (QED) is 0.578. The Labute approximate surface area is 148 Å². The summed E-state index contributed by atoms with van der Waals surface area (Å²) >= 11 is 12.5. The third-order valence-corrected chi connectivity index (χ3v) is 4.86. The average Bonchev–Trinajstić information content (AvgIpc) is 2.80. The van der Waals surface area contributed by atoms with E-state index in [2.05, 4.69) is 6.58 Å². The van der Waals surface area contributed by atoms with Gasteiger partial charge in [-0.25, -0.2) is 0 Å². The summed E-state index contributed by atoms with van der Waals surface area (Å²) in [6, 6.07) is 14.7. The van der Waals surface area contributed by atoms with Gasteiger partial charge >= 0.3 is 0 Å².